The van der Waals surface area contributed by atoms with Crippen molar-refractivity contribution in [1.82, 2.24) is 4.90 Å². The Hall–Kier alpha value is -0.700. The number of nitrogens with zero attached hydrogens (tertiary/aromatic N) is 1. The molecule has 0 saturated carbocycles. The van der Waals surface area contributed by atoms with E-state index in [4.69, 9.17) is 0 Å². The number of aldehydes is 1. The molecular formula is C10H17NO2. The summed E-state index contributed by atoms with van der Waals surface area (Å²) in [7, 11) is 0. The van der Waals surface area contributed by atoms with Gasteiger partial charge in [-0.2, -0.15) is 0 Å². The van der Waals surface area contributed by atoms with Crippen LogP contribution in [0.2, 0.25) is 0 Å². The highest BCUT2D eigenvalue weighted by molar-refractivity contribution is 6.24. The van der Waals surface area contributed by atoms with E-state index < -0.39 is 0 Å². The third-order valence-electron chi connectivity index (χ3n) is 2.45. The lowest BCUT2D eigenvalue weighted by atomic mass is 10.1. The van der Waals surface area contributed by atoms with Crippen LogP contribution in [0.3, 0.4) is 0 Å². The molecule has 13 heavy (non-hydrogen) atoms. The lowest BCUT2D eigenvalue weighted by molar-refractivity contribution is -0.130. The van der Waals surface area contributed by atoms with Crippen molar-refractivity contribution >= 4 is 12.1 Å². The summed E-state index contributed by atoms with van der Waals surface area (Å²) < 4.78 is 0. The quantitative estimate of drug-likeness (QED) is 0.469. The summed E-state index contributed by atoms with van der Waals surface area (Å²) in [6.45, 7) is 5.29. The average molecular weight is 183 g/mol. The molecule has 1 saturated heterocycles. The molecule has 1 unspecified atom stereocenters. The molecule has 0 spiro atoms. The highest BCUT2D eigenvalue weighted by Gasteiger charge is 2.16. The van der Waals surface area contributed by atoms with Crippen molar-refractivity contribution in [3.05, 3.63) is 0 Å². The minimum atomic E-state index is -0.272. The molecule has 1 heterocycles. The summed E-state index contributed by atoms with van der Waals surface area (Å²) >= 11 is 0. The third kappa shape index (κ3) is 3.68. The average Bonchev–Trinajstić information content (AvgIpc) is 2.56. The lowest BCUT2D eigenvalue weighted by Gasteiger charge is -2.18. The highest BCUT2D eigenvalue weighted by atomic mass is 16.2. The Morgan fingerprint density at radius 1 is 1.46 bits per heavy atom. The van der Waals surface area contributed by atoms with Gasteiger partial charge in [0.25, 0.3) is 0 Å². The fourth-order valence-electron chi connectivity index (χ4n) is 1.86. The van der Waals surface area contributed by atoms with E-state index in [2.05, 4.69) is 4.90 Å². The zero-order valence-electron chi connectivity index (χ0n) is 8.16. The fourth-order valence-corrected chi connectivity index (χ4v) is 1.86. The number of hydrogen-bond donors (Lipinski definition) is 0. The minimum absolute atomic E-state index is 0.272. The third-order valence-corrected chi connectivity index (χ3v) is 2.45. The van der Waals surface area contributed by atoms with E-state index in [1.807, 2.05) is 6.92 Å². The molecule has 0 bridgehead atoms. The van der Waals surface area contributed by atoms with E-state index >= 15 is 0 Å². The van der Waals surface area contributed by atoms with E-state index in [1.165, 1.54) is 12.8 Å². The van der Waals surface area contributed by atoms with E-state index in [0.717, 1.165) is 19.6 Å². The molecule has 0 amide bonds. The monoisotopic (exact) mass is 183 g/mol. The maximum atomic E-state index is 10.8. The van der Waals surface area contributed by atoms with Gasteiger partial charge in [0.1, 0.15) is 0 Å². The Morgan fingerprint density at radius 3 is 2.62 bits per heavy atom. The van der Waals surface area contributed by atoms with Crippen molar-refractivity contribution < 1.29 is 9.59 Å². The van der Waals surface area contributed by atoms with Crippen LogP contribution in [0.15, 0.2) is 0 Å². The van der Waals surface area contributed by atoms with E-state index in [1.54, 1.807) is 0 Å². The second kappa shape index (κ2) is 5.12. The standard InChI is InChI=1S/C10H17NO2/c1-9(6-10(13)8-12)7-11-4-2-3-5-11/h8-9H,2-7H2,1H3. The smallest absolute Gasteiger partial charge is 0.195 e. The van der Waals surface area contributed by atoms with Crippen molar-refractivity contribution in [2.45, 2.75) is 26.2 Å². The second-order valence-corrected chi connectivity index (χ2v) is 3.90. The summed E-state index contributed by atoms with van der Waals surface area (Å²) in [5.41, 5.74) is 0. The van der Waals surface area contributed by atoms with Gasteiger partial charge in [0.2, 0.25) is 0 Å². The van der Waals surface area contributed by atoms with Gasteiger partial charge in [-0.15, -0.1) is 0 Å². The molecule has 0 aromatic heterocycles. The van der Waals surface area contributed by atoms with Crippen molar-refractivity contribution in [2.24, 2.45) is 5.92 Å². The number of ketones is 1. The predicted octanol–water partition coefficient (Wildman–Crippen LogP) is 0.876. The van der Waals surface area contributed by atoms with Crippen molar-refractivity contribution in [3.8, 4) is 0 Å². The summed E-state index contributed by atoms with van der Waals surface area (Å²) in [4.78, 5) is 23.3. The number of Topliss-reactive ketones (excluding diaryl/α,β-unsaturated/α-hetero) is 1. The first-order valence-corrected chi connectivity index (χ1v) is 4.92. The van der Waals surface area contributed by atoms with Gasteiger partial charge in [-0.25, -0.2) is 0 Å². The van der Waals surface area contributed by atoms with Crippen molar-refractivity contribution in [1.29, 1.82) is 0 Å². The van der Waals surface area contributed by atoms with Gasteiger partial charge in [-0.3, -0.25) is 9.59 Å². The predicted molar refractivity (Wildman–Crippen MR) is 50.5 cm³/mol. The maximum absolute atomic E-state index is 10.8. The molecule has 0 aliphatic carbocycles. The zero-order valence-corrected chi connectivity index (χ0v) is 8.16. The SMILES string of the molecule is CC(CC(=O)C=O)CN1CCCC1. The van der Waals surface area contributed by atoms with Gasteiger partial charge in [-0.1, -0.05) is 6.92 Å². The second-order valence-electron chi connectivity index (χ2n) is 3.90. The molecule has 74 valence electrons. The first-order valence-electron chi connectivity index (χ1n) is 4.92. The normalized spacial score (nSPS) is 20.1. The van der Waals surface area contributed by atoms with E-state index in [-0.39, 0.29) is 5.78 Å². The van der Waals surface area contributed by atoms with Crippen LogP contribution in [0.1, 0.15) is 26.2 Å². The lowest BCUT2D eigenvalue weighted by Crippen LogP contribution is -2.26. The van der Waals surface area contributed by atoms with Crippen molar-refractivity contribution in [2.75, 3.05) is 19.6 Å². The molecule has 1 aliphatic heterocycles. The van der Waals surface area contributed by atoms with Gasteiger partial charge in [0.05, 0.1) is 0 Å². The number of carbonyl (C=O) groups excluding carboxylic acids is 2. The van der Waals surface area contributed by atoms with Crippen LogP contribution >= 0.6 is 0 Å². The first kappa shape index (κ1) is 10.4. The molecule has 1 rings (SSSR count). The largest absolute Gasteiger partial charge is 0.303 e. The molecule has 0 N–H and O–H groups in total. The summed E-state index contributed by atoms with van der Waals surface area (Å²) in [5.74, 6) is 0.0440. The van der Waals surface area contributed by atoms with Gasteiger partial charge >= 0.3 is 0 Å². The number of carbonyl (C=O) groups is 2. The highest BCUT2D eigenvalue weighted by Crippen LogP contribution is 2.12. The Labute approximate surface area is 79.1 Å². The van der Waals surface area contributed by atoms with E-state index in [9.17, 15) is 9.59 Å². The molecule has 1 fully saturated rings. The van der Waals surface area contributed by atoms with Crippen LogP contribution < -0.4 is 0 Å². The first-order chi connectivity index (χ1) is 6.22. The van der Waals surface area contributed by atoms with Crippen LogP contribution in [-0.4, -0.2) is 36.6 Å². The molecule has 0 radical (unpaired) electrons. The van der Waals surface area contributed by atoms with Gasteiger partial charge in [0, 0.05) is 13.0 Å². The van der Waals surface area contributed by atoms with Gasteiger partial charge in [-0.05, 0) is 31.8 Å². The Morgan fingerprint density at radius 2 is 2.08 bits per heavy atom. The maximum Gasteiger partial charge on any atom is 0.195 e. The summed E-state index contributed by atoms with van der Waals surface area (Å²) in [6, 6.07) is 0. The Bertz CT molecular complexity index is 185. The van der Waals surface area contributed by atoms with Crippen LogP contribution in [0.5, 0.6) is 0 Å². The van der Waals surface area contributed by atoms with Crippen LogP contribution in [0.4, 0.5) is 0 Å². The molecule has 1 aliphatic rings. The summed E-state index contributed by atoms with van der Waals surface area (Å²) in [6.07, 6.45) is 3.38. The Kier molecular flexibility index (Phi) is 4.09. The molecular weight excluding hydrogens is 166 g/mol. The van der Waals surface area contributed by atoms with Crippen molar-refractivity contribution in [3.63, 3.8) is 0 Å². The van der Waals surface area contributed by atoms with Gasteiger partial charge < -0.3 is 4.90 Å². The molecule has 0 aromatic rings. The zero-order chi connectivity index (χ0) is 9.68. The van der Waals surface area contributed by atoms with Crippen LogP contribution in [0.25, 0.3) is 0 Å². The Balaban J connectivity index is 2.19. The van der Waals surface area contributed by atoms with E-state index in [0.29, 0.717) is 18.6 Å². The molecule has 3 heteroatoms. The summed E-state index contributed by atoms with van der Waals surface area (Å²) in [5, 5.41) is 0. The fraction of sp³-hybridized carbons (Fsp3) is 0.800. The molecule has 0 aromatic carbocycles. The topological polar surface area (TPSA) is 37.4 Å². The molecule has 3 nitrogen and oxygen atoms in total. The number of rotatable bonds is 5. The molecule has 1 atom stereocenters. The minimum Gasteiger partial charge on any atom is -0.303 e. The van der Waals surface area contributed by atoms with Crippen LogP contribution in [0, 0.1) is 5.92 Å². The number of hydrogen-bond acceptors (Lipinski definition) is 3. The van der Waals surface area contributed by atoms with Gasteiger partial charge in [0.15, 0.2) is 12.1 Å². The van der Waals surface area contributed by atoms with Crippen LogP contribution in [-0.2, 0) is 9.59 Å². The number of likely N-dealkylation sites (tertiary alicyclic amines) is 1.